The molecule has 7 unspecified atom stereocenters. The summed E-state index contributed by atoms with van der Waals surface area (Å²) >= 11 is 0. The summed E-state index contributed by atoms with van der Waals surface area (Å²) in [6, 6.07) is -0.721. The summed E-state index contributed by atoms with van der Waals surface area (Å²) < 4.78 is 11.2. The van der Waals surface area contributed by atoms with Crippen molar-refractivity contribution in [3.8, 4) is 0 Å². The third kappa shape index (κ3) is 33.7. The summed E-state index contributed by atoms with van der Waals surface area (Å²) in [5.41, 5.74) is 0. The molecule has 1 heterocycles. The second-order valence-corrected chi connectivity index (χ2v) is 17.6. The highest BCUT2D eigenvalue weighted by Gasteiger charge is 2.44. The topological polar surface area (TPSA) is 149 Å². The van der Waals surface area contributed by atoms with E-state index in [1.165, 1.54) is 103 Å². The van der Waals surface area contributed by atoms with Gasteiger partial charge in [0.2, 0.25) is 5.91 Å². The van der Waals surface area contributed by atoms with Crippen molar-refractivity contribution in [1.82, 2.24) is 5.32 Å². The summed E-state index contributed by atoms with van der Waals surface area (Å²) in [5.74, 6) is -0.152. The molecular weight excluding hydrogens is 791 g/mol. The number of amides is 1. The highest BCUT2D eigenvalue weighted by molar-refractivity contribution is 5.76. The minimum absolute atomic E-state index is 0.142. The van der Waals surface area contributed by atoms with Crippen LogP contribution in [0.1, 0.15) is 206 Å². The summed E-state index contributed by atoms with van der Waals surface area (Å²) in [6.45, 7) is 3.68. The Morgan fingerprint density at radius 2 is 0.984 bits per heavy atom. The Hall–Kier alpha value is -2.37. The van der Waals surface area contributed by atoms with Crippen LogP contribution in [0.25, 0.3) is 0 Å². The summed E-state index contributed by atoms with van der Waals surface area (Å²) in [6.07, 6.45) is 52.2. The van der Waals surface area contributed by atoms with Crippen molar-refractivity contribution in [2.24, 2.45) is 0 Å². The lowest BCUT2D eigenvalue weighted by molar-refractivity contribution is -0.302. The molecule has 9 nitrogen and oxygen atoms in total. The van der Waals surface area contributed by atoms with Crippen LogP contribution in [0.4, 0.5) is 0 Å². The van der Waals surface area contributed by atoms with Crippen molar-refractivity contribution in [2.75, 3.05) is 13.2 Å². The van der Waals surface area contributed by atoms with Crippen LogP contribution in [0, 0.1) is 0 Å². The lowest BCUT2D eigenvalue weighted by Crippen LogP contribution is -2.60. The van der Waals surface area contributed by atoms with Gasteiger partial charge in [-0.1, -0.05) is 209 Å². The molecule has 63 heavy (non-hydrogen) atoms. The van der Waals surface area contributed by atoms with E-state index in [1.54, 1.807) is 0 Å². The first-order valence-corrected chi connectivity index (χ1v) is 25.6. The van der Waals surface area contributed by atoms with Crippen molar-refractivity contribution in [1.29, 1.82) is 0 Å². The number of hydrogen-bond acceptors (Lipinski definition) is 8. The first kappa shape index (κ1) is 58.6. The number of carbonyl (C=O) groups excluding carboxylic acids is 1. The molecule has 1 aliphatic rings. The molecular formula is C54H95NO8. The standard InChI is InChI=1S/C54H95NO8/c1-3-5-7-9-11-13-14-15-16-17-18-19-20-21-22-23-24-25-26-27-28-29-30-31-32-33-34-36-38-40-42-44-50(58)55-47(48(57)43-41-39-37-35-12-10-8-6-4-2)46-62-54-53(61)52(60)51(59)49(45-56)63-54/h5,7,11,13,15-16,18-19,21-22,24-25,47-49,51-54,56-57,59-61H,3-4,6,8-10,12,14,17,20,23,26-46H2,1-2H3,(H,55,58)/b7-5-,13-11-,16-15-,19-18-,22-21-,25-24-. The number of ether oxygens (including phenoxy) is 2. The van der Waals surface area contributed by atoms with Crippen LogP contribution < -0.4 is 5.32 Å². The van der Waals surface area contributed by atoms with Gasteiger partial charge in [0.1, 0.15) is 24.4 Å². The molecule has 1 fully saturated rings. The van der Waals surface area contributed by atoms with Crippen molar-refractivity contribution >= 4 is 5.91 Å². The molecule has 0 saturated carbocycles. The fourth-order valence-corrected chi connectivity index (χ4v) is 7.75. The fourth-order valence-electron chi connectivity index (χ4n) is 7.75. The van der Waals surface area contributed by atoms with Crippen LogP contribution in [-0.2, 0) is 14.3 Å². The van der Waals surface area contributed by atoms with Crippen LogP contribution in [0.15, 0.2) is 72.9 Å². The van der Waals surface area contributed by atoms with Crippen molar-refractivity contribution in [3.05, 3.63) is 72.9 Å². The van der Waals surface area contributed by atoms with E-state index < -0.39 is 49.5 Å². The van der Waals surface area contributed by atoms with Crippen molar-refractivity contribution in [2.45, 2.75) is 249 Å². The molecule has 6 N–H and O–H groups in total. The number of aliphatic hydroxyl groups is 5. The molecule has 364 valence electrons. The molecule has 1 aliphatic heterocycles. The predicted molar refractivity (Wildman–Crippen MR) is 262 cm³/mol. The molecule has 1 amide bonds. The Labute approximate surface area is 385 Å². The monoisotopic (exact) mass is 886 g/mol. The van der Waals surface area contributed by atoms with Gasteiger partial charge in [-0.2, -0.15) is 0 Å². The lowest BCUT2D eigenvalue weighted by Gasteiger charge is -2.40. The van der Waals surface area contributed by atoms with E-state index in [-0.39, 0.29) is 12.5 Å². The first-order chi connectivity index (χ1) is 30.8. The molecule has 0 spiro atoms. The second kappa shape index (κ2) is 43.5. The van der Waals surface area contributed by atoms with Crippen molar-refractivity contribution < 1.29 is 39.8 Å². The van der Waals surface area contributed by atoms with Gasteiger partial charge in [-0.3, -0.25) is 4.79 Å². The average Bonchev–Trinajstić information content (AvgIpc) is 3.28. The second-order valence-electron chi connectivity index (χ2n) is 17.6. The van der Waals surface area contributed by atoms with Crippen LogP contribution in [0.2, 0.25) is 0 Å². The van der Waals surface area contributed by atoms with Gasteiger partial charge >= 0.3 is 0 Å². The van der Waals surface area contributed by atoms with E-state index in [2.05, 4.69) is 92.1 Å². The maximum absolute atomic E-state index is 13.0. The fraction of sp³-hybridized carbons (Fsp3) is 0.759. The summed E-state index contributed by atoms with van der Waals surface area (Å²) in [7, 11) is 0. The molecule has 1 saturated heterocycles. The van der Waals surface area contributed by atoms with Gasteiger partial charge in [-0.25, -0.2) is 0 Å². The number of unbranched alkanes of at least 4 members (excludes halogenated alkanes) is 20. The van der Waals surface area contributed by atoms with E-state index in [1.807, 2.05) is 0 Å². The molecule has 0 radical (unpaired) electrons. The summed E-state index contributed by atoms with van der Waals surface area (Å²) in [5, 5.41) is 54.3. The zero-order valence-corrected chi connectivity index (χ0v) is 40.1. The zero-order chi connectivity index (χ0) is 45.9. The van der Waals surface area contributed by atoms with Crippen LogP contribution >= 0.6 is 0 Å². The molecule has 0 bridgehead atoms. The van der Waals surface area contributed by atoms with Gasteiger partial charge in [0.25, 0.3) is 0 Å². The molecule has 0 aromatic rings. The maximum atomic E-state index is 13.0. The van der Waals surface area contributed by atoms with Crippen LogP contribution in [-0.4, -0.2) is 87.5 Å². The number of aliphatic hydroxyl groups excluding tert-OH is 5. The van der Waals surface area contributed by atoms with Crippen LogP contribution in [0.3, 0.4) is 0 Å². The van der Waals surface area contributed by atoms with Gasteiger partial charge in [0.05, 0.1) is 25.4 Å². The van der Waals surface area contributed by atoms with E-state index in [0.29, 0.717) is 12.8 Å². The third-order valence-electron chi connectivity index (χ3n) is 11.8. The van der Waals surface area contributed by atoms with Gasteiger partial charge in [0.15, 0.2) is 6.29 Å². The number of hydrogen-bond donors (Lipinski definition) is 6. The van der Waals surface area contributed by atoms with Crippen LogP contribution in [0.5, 0.6) is 0 Å². The van der Waals surface area contributed by atoms with Crippen molar-refractivity contribution in [3.63, 3.8) is 0 Å². The molecule has 9 heteroatoms. The number of nitrogens with one attached hydrogen (secondary N) is 1. The maximum Gasteiger partial charge on any atom is 0.220 e. The number of rotatable bonds is 42. The largest absolute Gasteiger partial charge is 0.394 e. The minimum Gasteiger partial charge on any atom is -0.394 e. The van der Waals surface area contributed by atoms with E-state index in [0.717, 1.165) is 77.0 Å². The first-order valence-electron chi connectivity index (χ1n) is 25.6. The minimum atomic E-state index is -1.55. The highest BCUT2D eigenvalue weighted by Crippen LogP contribution is 2.23. The normalized spacial score (nSPS) is 20.8. The molecule has 7 atom stereocenters. The van der Waals surface area contributed by atoms with E-state index >= 15 is 0 Å². The summed E-state index contributed by atoms with van der Waals surface area (Å²) in [4.78, 5) is 13.0. The van der Waals surface area contributed by atoms with Gasteiger partial charge in [0, 0.05) is 6.42 Å². The number of allylic oxidation sites excluding steroid dienone is 12. The number of carbonyl (C=O) groups is 1. The Kier molecular flexibility index (Phi) is 40.5. The Morgan fingerprint density at radius 3 is 1.46 bits per heavy atom. The van der Waals surface area contributed by atoms with E-state index in [4.69, 9.17) is 9.47 Å². The predicted octanol–water partition coefficient (Wildman–Crippen LogP) is 11.7. The molecule has 1 rings (SSSR count). The lowest BCUT2D eigenvalue weighted by atomic mass is 9.99. The highest BCUT2D eigenvalue weighted by atomic mass is 16.7. The molecule has 0 aromatic heterocycles. The SMILES string of the molecule is CC/C=C\C/C=C\C/C=C\C/C=C\C/C=C\C/C=C\CCCCCCCCCCCCCCC(=O)NC(COC1OC(CO)C(O)C(O)C1O)C(O)CCCCCCCCCCC. The molecule has 0 aliphatic carbocycles. The Bertz CT molecular complexity index is 1210. The quantitative estimate of drug-likeness (QED) is 0.0262. The smallest absolute Gasteiger partial charge is 0.220 e. The van der Waals surface area contributed by atoms with Gasteiger partial charge < -0.3 is 40.3 Å². The Balaban J connectivity index is 2.14. The van der Waals surface area contributed by atoms with Gasteiger partial charge in [-0.05, 0) is 64.2 Å². The van der Waals surface area contributed by atoms with Gasteiger partial charge in [-0.15, -0.1) is 0 Å². The zero-order valence-electron chi connectivity index (χ0n) is 40.1. The average molecular weight is 886 g/mol. The Morgan fingerprint density at radius 1 is 0.556 bits per heavy atom. The third-order valence-corrected chi connectivity index (χ3v) is 11.8. The van der Waals surface area contributed by atoms with E-state index in [9.17, 15) is 30.3 Å². The molecule has 0 aromatic carbocycles.